The van der Waals surface area contributed by atoms with Gasteiger partial charge >= 0.3 is 6.03 Å². The van der Waals surface area contributed by atoms with Crippen molar-refractivity contribution in [2.45, 2.75) is 0 Å². The Morgan fingerprint density at radius 3 is 2.62 bits per heavy atom. The second-order valence-corrected chi connectivity index (χ2v) is 4.14. The van der Waals surface area contributed by atoms with Crippen molar-refractivity contribution in [3.63, 3.8) is 0 Å². The van der Waals surface area contributed by atoms with Crippen LogP contribution in [0.1, 0.15) is 15.9 Å². The van der Waals surface area contributed by atoms with Crippen molar-refractivity contribution in [3.05, 3.63) is 41.2 Å². The maximum Gasteiger partial charge on any atom is 0.317 e. The number of primary amides is 2. The molecule has 2 rings (SSSR count). The molecule has 0 bridgehead atoms. The zero-order valence-electron chi connectivity index (χ0n) is 10.7. The highest BCUT2D eigenvalue weighted by atomic mass is 19.1. The standard InChI is InChI=1S/C14H11FN4O2/c1-2-7-4-3-5-8(11(7)15)10-6-9(12(16)20)13(18-10)19-14(17)21/h1,3-6,18H,(H2,16,20)(H3,17,19,21). The summed E-state index contributed by atoms with van der Waals surface area (Å²) in [6.45, 7) is 0. The Bertz CT molecular complexity index is 774. The van der Waals surface area contributed by atoms with Crippen molar-refractivity contribution in [1.82, 2.24) is 4.98 Å². The van der Waals surface area contributed by atoms with Crippen LogP contribution in [0, 0.1) is 18.2 Å². The molecule has 0 saturated heterocycles. The number of terminal acetylenes is 1. The number of amides is 3. The quantitative estimate of drug-likeness (QED) is 0.639. The summed E-state index contributed by atoms with van der Waals surface area (Å²) in [5, 5.41) is 2.21. The van der Waals surface area contributed by atoms with E-state index in [1.54, 1.807) is 6.07 Å². The fourth-order valence-electron chi connectivity index (χ4n) is 1.87. The summed E-state index contributed by atoms with van der Waals surface area (Å²) < 4.78 is 14.2. The number of H-pyrrole nitrogens is 1. The van der Waals surface area contributed by atoms with E-state index < -0.39 is 17.8 Å². The molecular formula is C14H11FN4O2. The van der Waals surface area contributed by atoms with Gasteiger partial charge in [0.15, 0.2) is 0 Å². The number of benzene rings is 1. The van der Waals surface area contributed by atoms with Gasteiger partial charge in [-0.05, 0) is 18.2 Å². The van der Waals surface area contributed by atoms with Crippen LogP contribution in [0.4, 0.5) is 15.0 Å². The van der Waals surface area contributed by atoms with Crippen LogP contribution in [0.5, 0.6) is 0 Å². The average Bonchev–Trinajstić information content (AvgIpc) is 2.82. The number of carbonyl (C=O) groups excluding carboxylic acids is 2. The minimum absolute atomic E-state index is 0.00416. The molecule has 1 aromatic heterocycles. The minimum atomic E-state index is -0.885. The molecule has 0 spiro atoms. The summed E-state index contributed by atoms with van der Waals surface area (Å²) in [6.07, 6.45) is 5.20. The fourth-order valence-corrected chi connectivity index (χ4v) is 1.87. The highest BCUT2D eigenvalue weighted by Gasteiger charge is 2.17. The van der Waals surface area contributed by atoms with Crippen LogP contribution < -0.4 is 16.8 Å². The van der Waals surface area contributed by atoms with Crippen molar-refractivity contribution in [2.75, 3.05) is 5.32 Å². The van der Waals surface area contributed by atoms with Gasteiger partial charge in [-0.3, -0.25) is 10.1 Å². The van der Waals surface area contributed by atoms with Crippen LogP contribution >= 0.6 is 0 Å². The number of anilines is 1. The van der Waals surface area contributed by atoms with Gasteiger partial charge in [0, 0.05) is 5.56 Å². The minimum Gasteiger partial charge on any atom is -0.365 e. The smallest absolute Gasteiger partial charge is 0.317 e. The third-order valence-electron chi connectivity index (χ3n) is 2.78. The molecule has 1 heterocycles. The summed E-state index contributed by atoms with van der Waals surface area (Å²) in [7, 11) is 0. The number of nitrogens with two attached hydrogens (primary N) is 2. The van der Waals surface area contributed by atoms with Gasteiger partial charge in [-0.25, -0.2) is 9.18 Å². The molecule has 0 fully saturated rings. The number of nitrogens with one attached hydrogen (secondary N) is 2. The van der Waals surface area contributed by atoms with Gasteiger partial charge in [0.1, 0.15) is 11.6 Å². The maximum atomic E-state index is 14.2. The van der Waals surface area contributed by atoms with E-state index >= 15 is 0 Å². The Kier molecular flexibility index (Phi) is 3.63. The average molecular weight is 286 g/mol. The van der Waals surface area contributed by atoms with Gasteiger partial charge in [-0.15, -0.1) is 6.42 Å². The topological polar surface area (TPSA) is 114 Å². The first-order valence-electron chi connectivity index (χ1n) is 5.78. The van der Waals surface area contributed by atoms with Gasteiger partial charge in [-0.2, -0.15) is 0 Å². The molecule has 6 N–H and O–H groups in total. The Morgan fingerprint density at radius 1 is 1.33 bits per heavy atom. The van der Waals surface area contributed by atoms with Crippen molar-refractivity contribution in [3.8, 4) is 23.6 Å². The third kappa shape index (κ3) is 2.69. The molecule has 0 radical (unpaired) electrons. The molecule has 0 saturated carbocycles. The summed E-state index contributed by atoms with van der Waals surface area (Å²) >= 11 is 0. The Morgan fingerprint density at radius 2 is 2.05 bits per heavy atom. The lowest BCUT2D eigenvalue weighted by Gasteiger charge is -2.03. The number of hydrogen-bond donors (Lipinski definition) is 4. The molecule has 0 aliphatic heterocycles. The van der Waals surface area contributed by atoms with Crippen LogP contribution in [-0.4, -0.2) is 16.9 Å². The summed E-state index contributed by atoms with van der Waals surface area (Å²) in [5.74, 6) is 0.789. The van der Waals surface area contributed by atoms with Gasteiger partial charge in [0.05, 0.1) is 16.8 Å². The molecule has 3 amide bonds. The maximum absolute atomic E-state index is 14.2. The molecule has 1 aromatic carbocycles. The summed E-state index contributed by atoms with van der Waals surface area (Å²) in [5.41, 5.74) is 10.6. The van der Waals surface area contributed by atoms with Gasteiger partial charge in [0.2, 0.25) is 0 Å². The number of rotatable bonds is 3. The zero-order chi connectivity index (χ0) is 15.6. The predicted molar refractivity (Wildman–Crippen MR) is 75.8 cm³/mol. The van der Waals surface area contributed by atoms with E-state index in [2.05, 4.69) is 16.2 Å². The molecule has 0 aliphatic rings. The third-order valence-corrected chi connectivity index (χ3v) is 2.78. The first-order valence-corrected chi connectivity index (χ1v) is 5.78. The fraction of sp³-hybridized carbons (Fsp3) is 0. The number of aromatic amines is 1. The molecule has 6 nitrogen and oxygen atoms in total. The predicted octanol–water partition coefficient (Wildman–Crippen LogP) is 1.39. The first-order chi connectivity index (χ1) is 9.93. The van der Waals surface area contributed by atoms with Crippen molar-refractivity contribution >= 4 is 17.8 Å². The van der Waals surface area contributed by atoms with E-state index in [0.717, 1.165) is 0 Å². The van der Waals surface area contributed by atoms with Crippen LogP contribution in [0.25, 0.3) is 11.3 Å². The lowest BCUT2D eigenvalue weighted by molar-refractivity contribution is 0.100. The van der Waals surface area contributed by atoms with Crippen LogP contribution in [0.3, 0.4) is 0 Å². The van der Waals surface area contributed by atoms with E-state index in [1.807, 2.05) is 0 Å². The van der Waals surface area contributed by atoms with Gasteiger partial charge in [0.25, 0.3) is 5.91 Å². The van der Waals surface area contributed by atoms with Gasteiger partial charge < -0.3 is 16.5 Å². The highest BCUT2D eigenvalue weighted by Crippen LogP contribution is 2.28. The molecule has 106 valence electrons. The van der Waals surface area contributed by atoms with Crippen molar-refractivity contribution in [1.29, 1.82) is 0 Å². The van der Waals surface area contributed by atoms with Crippen molar-refractivity contribution < 1.29 is 14.0 Å². The summed E-state index contributed by atoms with van der Waals surface area (Å²) in [4.78, 5) is 24.9. The number of halogens is 1. The van der Waals surface area contributed by atoms with E-state index in [4.69, 9.17) is 17.9 Å². The van der Waals surface area contributed by atoms with Crippen molar-refractivity contribution in [2.24, 2.45) is 11.5 Å². The number of urea groups is 1. The number of carbonyl (C=O) groups is 2. The van der Waals surface area contributed by atoms with Crippen LogP contribution in [0.15, 0.2) is 24.3 Å². The van der Waals surface area contributed by atoms with Gasteiger partial charge in [-0.1, -0.05) is 12.0 Å². The Labute approximate surface area is 119 Å². The lowest BCUT2D eigenvalue weighted by Crippen LogP contribution is -2.22. The Balaban J connectivity index is 2.58. The zero-order valence-corrected chi connectivity index (χ0v) is 10.7. The van der Waals surface area contributed by atoms with Crippen LogP contribution in [-0.2, 0) is 0 Å². The molecule has 0 aliphatic carbocycles. The van der Waals surface area contributed by atoms with Crippen LogP contribution in [0.2, 0.25) is 0 Å². The molecule has 2 aromatic rings. The van der Waals surface area contributed by atoms with E-state index in [9.17, 15) is 14.0 Å². The first kappa shape index (κ1) is 14.1. The molecular weight excluding hydrogens is 275 g/mol. The largest absolute Gasteiger partial charge is 0.365 e. The molecule has 0 unspecified atom stereocenters. The monoisotopic (exact) mass is 286 g/mol. The molecule has 7 heteroatoms. The van der Waals surface area contributed by atoms with E-state index in [-0.39, 0.29) is 28.2 Å². The molecule has 0 atom stereocenters. The number of hydrogen-bond acceptors (Lipinski definition) is 2. The SMILES string of the molecule is C#Cc1cccc(-c2cc(C(N)=O)c(NC(N)=O)[nH]2)c1F. The molecule has 21 heavy (non-hydrogen) atoms. The van der Waals surface area contributed by atoms with E-state index in [0.29, 0.717) is 0 Å². The summed E-state index contributed by atoms with van der Waals surface area (Å²) in [6, 6.07) is 4.91. The highest BCUT2D eigenvalue weighted by molar-refractivity contribution is 6.03. The normalized spacial score (nSPS) is 9.90. The second kappa shape index (κ2) is 5.38. The van der Waals surface area contributed by atoms with E-state index in [1.165, 1.54) is 18.2 Å². The second-order valence-electron chi connectivity index (χ2n) is 4.14. The Hall–Kier alpha value is -3.27. The lowest BCUT2D eigenvalue weighted by atomic mass is 10.1. The number of aromatic nitrogens is 1.